The van der Waals surface area contributed by atoms with Gasteiger partial charge >= 0.3 is 0 Å². The molecule has 1 aromatic rings. The Kier molecular flexibility index (Phi) is 6.17. The highest BCUT2D eigenvalue weighted by atomic mass is 32.2. The van der Waals surface area contributed by atoms with Crippen molar-refractivity contribution >= 4 is 21.4 Å². The molecule has 0 radical (unpaired) electrons. The van der Waals surface area contributed by atoms with Gasteiger partial charge in [-0.05, 0) is 31.5 Å². The van der Waals surface area contributed by atoms with Crippen LogP contribution in [0.4, 0.5) is 5.69 Å². The van der Waals surface area contributed by atoms with Crippen molar-refractivity contribution in [1.82, 2.24) is 4.90 Å². The first-order chi connectivity index (χ1) is 9.70. The van der Waals surface area contributed by atoms with Gasteiger partial charge in [-0.15, -0.1) is 0 Å². The van der Waals surface area contributed by atoms with Crippen LogP contribution in [0.3, 0.4) is 0 Å². The first-order valence-electron chi connectivity index (χ1n) is 6.77. The molecule has 1 rings (SSSR count). The van der Waals surface area contributed by atoms with Crippen LogP contribution in [-0.2, 0) is 21.2 Å². The van der Waals surface area contributed by atoms with Crippen molar-refractivity contribution in [1.29, 1.82) is 0 Å². The van der Waals surface area contributed by atoms with Crippen molar-refractivity contribution < 1.29 is 13.2 Å². The van der Waals surface area contributed by atoms with Crippen LogP contribution < -0.4 is 11.5 Å². The summed E-state index contributed by atoms with van der Waals surface area (Å²) < 4.78 is 23.7. The summed E-state index contributed by atoms with van der Waals surface area (Å²) in [4.78, 5) is 12.9. The maximum Gasteiger partial charge on any atom is 0.231 e. The van der Waals surface area contributed by atoms with Crippen molar-refractivity contribution in [2.45, 2.75) is 25.6 Å². The Morgan fingerprint density at radius 3 is 2.52 bits per heavy atom. The fourth-order valence-electron chi connectivity index (χ4n) is 1.88. The molecule has 0 bridgehead atoms. The third-order valence-electron chi connectivity index (χ3n) is 3.15. The fraction of sp³-hybridized carbons (Fsp3) is 0.500. The minimum Gasteiger partial charge on any atom is -0.399 e. The van der Waals surface area contributed by atoms with Crippen LogP contribution in [0, 0.1) is 0 Å². The van der Waals surface area contributed by atoms with E-state index in [1.54, 1.807) is 30.9 Å². The van der Waals surface area contributed by atoms with Crippen molar-refractivity contribution in [3.05, 3.63) is 29.8 Å². The number of amides is 1. The Hall–Kier alpha value is -1.60. The van der Waals surface area contributed by atoms with Crippen LogP contribution in [0.2, 0.25) is 0 Å². The summed E-state index contributed by atoms with van der Waals surface area (Å²) in [6.07, 6.45) is 0. The maximum atomic E-state index is 11.9. The normalized spacial score (nSPS) is 12.0. The highest BCUT2D eigenvalue weighted by Gasteiger charge is 2.18. The lowest BCUT2D eigenvalue weighted by atomic mass is 10.2. The maximum absolute atomic E-state index is 11.9. The molecule has 0 fully saturated rings. The lowest BCUT2D eigenvalue weighted by molar-refractivity contribution is -0.119. The smallest absolute Gasteiger partial charge is 0.231 e. The fourth-order valence-corrected chi connectivity index (χ4v) is 2.86. The summed E-state index contributed by atoms with van der Waals surface area (Å²) in [5.74, 6) is -0.485. The Labute approximate surface area is 126 Å². The molecule has 4 N–H and O–H groups in total. The number of primary amides is 1. The van der Waals surface area contributed by atoms with Gasteiger partial charge in [0.1, 0.15) is 0 Å². The van der Waals surface area contributed by atoms with Gasteiger partial charge in [0.15, 0.2) is 9.84 Å². The summed E-state index contributed by atoms with van der Waals surface area (Å²) >= 11 is 0. The lowest BCUT2D eigenvalue weighted by Crippen LogP contribution is -2.37. The predicted molar refractivity (Wildman–Crippen MR) is 84.2 cm³/mol. The van der Waals surface area contributed by atoms with Gasteiger partial charge in [0, 0.05) is 18.8 Å². The third kappa shape index (κ3) is 6.14. The molecular formula is C14H23N3O3S. The number of rotatable bonds is 8. The van der Waals surface area contributed by atoms with Crippen molar-refractivity contribution in [2.24, 2.45) is 5.73 Å². The number of carbonyl (C=O) groups is 1. The highest BCUT2D eigenvalue weighted by molar-refractivity contribution is 7.92. The molecule has 7 heteroatoms. The van der Waals surface area contributed by atoms with Gasteiger partial charge in [0.25, 0.3) is 0 Å². The molecule has 118 valence electrons. The van der Waals surface area contributed by atoms with E-state index in [4.69, 9.17) is 11.5 Å². The summed E-state index contributed by atoms with van der Waals surface area (Å²) in [5.41, 5.74) is 12.5. The average molecular weight is 313 g/mol. The van der Waals surface area contributed by atoms with E-state index in [0.717, 1.165) is 5.56 Å². The predicted octanol–water partition coefficient (Wildman–Crippen LogP) is 0.379. The molecule has 6 nitrogen and oxygen atoms in total. The standard InChI is InChI=1S/C14H23N3O3S/c1-11(2)21(19,20)7-6-17(10-14(16)18)9-12-4-3-5-13(15)8-12/h3-5,8,11H,6-7,9-10,15H2,1-2H3,(H2,16,18). The minimum atomic E-state index is -3.15. The SMILES string of the molecule is CC(C)S(=O)(=O)CCN(CC(N)=O)Cc1cccc(N)c1. The summed E-state index contributed by atoms with van der Waals surface area (Å²) in [7, 11) is -3.15. The first-order valence-corrected chi connectivity index (χ1v) is 8.49. The molecule has 21 heavy (non-hydrogen) atoms. The Morgan fingerprint density at radius 1 is 1.33 bits per heavy atom. The lowest BCUT2D eigenvalue weighted by Gasteiger charge is -2.21. The van der Waals surface area contributed by atoms with Gasteiger partial charge in [0.2, 0.25) is 5.91 Å². The molecule has 0 saturated heterocycles. The number of anilines is 1. The van der Waals surface area contributed by atoms with Crippen LogP contribution in [0.5, 0.6) is 0 Å². The molecule has 1 aromatic carbocycles. The van der Waals surface area contributed by atoms with E-state index in [-0.39, 0.29) is 18.8 Å². The van der Waals surface area contributed by atoms with E-state index < -0.39 is 21.0 Å². The van der Waals surface area contributed by atoms with Crippen LogP contribution in [0.1, 0.15) is 19.4 Å². The molecule has 0 heterocycles. The van der Waals surface area contributed by atoms with Crippen LogP contribution >= 0.6 is 0 Å². The third-order valence-corrected chi connectivity index (χ3v) is 5.34. The van der Waals surface area contributed by atoms with E-state index >= 15 is 0 Å². The van der Waals surface area contributed by atoms with E-state index in [0.29, 0.717) is 12.2 Å². The molecule has 0 unspecified atom stereocenters. The average Bonchev–Trinajstić information content (AvgIpc) is 2.35. The van der Waals surface area contributed by atoms with E-state index in [1.807, 2.05) is 12.1 Å². The Bertz CT molecular complexity index is 585. The van der Waals surface area contributed by atoms with E-state index in [2.05, 4.69) is 0 Å². The molecule has 0 atom stereocenters. The van der Waals surface area contributed by atoms with Crippen molar-refractivity contribution in [3.63, 3.8) is 0 Å². The van der Waals surface area contributed by atoms with Crippen LogP contribution in [0.15, 0.2) is 24.3 Å². The number of carbonyl (C=O) groups excluding carboxylic acids is 1. The minimum absolute atomic E-state index is 0.000260. The number of hydrogen-bond acceptors (Lipinski definition) is 5. The number of nitrogens with zero attached hydrogens (tertiary/aromatic N) is 1. The topological polar surface area (TPSA) is 106 Å². The molecule has 0 aliphatic heterocycles. The van der Waals surface area contributed by atoms with E-state index in [9.17, 15) is 13.2 Å². The van der Waals surface area contributed by atoms with E-state index in [1.165, 1.54) is 0 Å². The van der Waals surface area contributed by atoms with Gasteiger partial charge in [0.05, 0.1) is 17.5 Å². The largest absolute Gasteiger partial charge is 0.399 e. The van der Waals surface area contributed by atoms with Gasteiger partial charge in [-0.1, -0.05) is 12.1 Å². The monoisotopic (exact) mass is 313 g/mol. The number of sulfone groups is 1. The first kappa shape index (κ1) is 17.5. The number of nitrogen functional groups attached to an aromatic ring is 1. The van der Waals surface area contributed by atoms with Crippen LogP contribution in [0.25, 0.3) is 0 Å². The van der Waals surface area contributed by atoms with Gasteiger partial charge in [-0.25, -0.2) is 8.42 Å². The number of benzene rings is 1. The van der Waals surface area contributed by atoms with Gasteiger partial charge < -0.3 is 11.5 Å². The second-order valence-corrected chi connectivity index (χ2v) is 8.01. The molecular weight excluding hydrogens is 290 g/mol. The second kappa shape index (κ2) is 7.42. The molecule has 0 saturated carbocycles. The summed E-state index contributed by atoms with van der Waals surface area (Å²) in [5, 5.41) is -0.430. The van der Waals surface area contributed by atoms with Crippen molar-refractivity contribution in [3.8, 4) is 0 Å². The molecule has 0 aliphatic carbocycles. The zero-order chi connectivity index (χ0) is 16.0. The zero-order valence-corrected chi connectivity index (χ0v) is 13.3. The molecule has 0 spiro atoms. The molecule has 1 amide bonds. The zero-order valence-electron chi connectivity index (χ0n) is 12.5. The molecule has 0 aromatic heterocycles. The van der Waals surface area contributed by atoms with Gasteiger partial charge in [-0.3, -0.25) is 9.69 Å². The summed E-state index contributed by atoms with van der Waals surface area (Å²) in [6, 6.07) is 7.26. The Morgan fingerprint density at radius 2 is 2.00 bits per heavy atom. The number of nitrogens with two attached hydrogens (primary N) is 2. The second-order valence-electron chi connectivity index (χ2n) is 5.34. The summed E-state index contributed by atoms with van der Waals surface area (Å²) in [6.45, 7) is 4.00. The Balaban J connectivity index is 2.75. The highest BCUT2D eigenvalue weighted by Crippen LogP contribution is 2.10. The van der Waals surface area contributed by atoms with Crippen molar-refractivity contribution in [2.75, 3.05) is 24.6 Å². The number of hydrogen-bond donors (Lipinski definition) is 2. The van der Waals surface area contributed by atoms with Crippen LogP contribution in [-0.4, -0.2) is 43.3 Å². The molecule has 0 aliphatic rings. The quantitative estimate of drug-likeness (QED) is 0.675. The van der Waals surface area contributed by atoms with Gasteiger partial charge in [-0.2, -0.15) is 0 Å².